The van der Waals surface area contributed by atoms with Crippen LogP contribution >= 0.6 is 11.6 Å². The highest BCUT2D eigenvalue weighted by molar-refractivity contribution is 6.34. The molecule has 0 atom stereocenters. The van der Waals surface area contributed by atoms with Gasteiger partial charge in [0.15, 0.2) is 0 Å². The summed E-state index contributed by atoms with van der Waals surface area (Å²) in [7, 11) is 3.93. The van der Waals surface area contributed by atoms with E-state index < -0.39 is 0 Å². The van der Waals surface area contributed by atoms with Gasteiger partial charge >= 0.3 is 0 Å². The number of nitrogens with one attached hydrogen (secondary N) is 1. The molecule has 0 aliphatic rings. The first kappa shape index (κ1) is 14.3. The van der Waals surface area contributed by atoms with E-state index in [0.29, 0.717) is 10.6 Å². The second kappa shape index (κ2) is 5.92. The number of carbonyl (C=O) groups excluding carboxylic acids is 1. The third-order valence-corrected chi connectivity index (χ3v) is 3.27. The molecule has 20 heavy (non-hydrogen) atoms. The Hall–Kier alpha value is -2.07. The molecule has 0 fully saturated rings. The molecule has 0 aliphatic heterocycles. The summed E-state index contributed by atoms with van der Waals surface area (Å²) in [4.78, 5) is 18.0. The van der Waals surface area contributed by atoms with E-state index in [0.717, 1.165) is 16.9 Å². The summed E-state index contributed by atoms with van der Waals surface area (Å²) in [5.74, 6) is -0.244. The molecule has 1 heterocycles. The smallest absolute Gasteiger partial charge is 0.257 e. The SMILES string of the molecule is Cc1ccc(NC(=O)c2ccncc2Cl)cc1N(C)C. The molecule has 104 valence electrons. The zero-order valence-electron chi connectivity index (χ0n) is 11.6. The van der Waals surface area contributed by atoms with Gasteiger partial charge in [0.05, 0.1) is 10.6 Å². The first-order valence-corrected chi connectivity index (χ1v) is 6.55. The van der Waals surface area contributed by atoms with Crippen LogP contribution in [0.15, 0.2) is 36.7 Å². The van der Waals surface area contributed by atoms with E-state index in [1.807, 2.05) is 44.1 Å². The number of hydrogen-bond donors (Lipinski definition) is 1. The van der Waals surface area contributed by atoms with Crippen molar-refractivity contribution < 1.29 is 4.79 Å². The molecule has 0 bridgehead atoms. The Kier molecular flexibility index (Phi) is 4.25. The Morgan fingerprint density at radius 2 is 2.05 bits per heavy atom. The van der Waals surface area contributed by atoms with Crippen molar-refractivity contribution in [3.8, 4) is 0 Å². The molecule has 0 radical (unpaired) electrons. The fraction of sp³-hybridized carbons (Fsp3) is 0.200. The van der Waals surface area contributed by atoms with Crippen LogP contribution in [0.5, 0.6) is 0 Å². The van der Waals surface area contributed by atoms with Crippen molar-refractivity contribution in [3.05, 3.63) is 52.8 Å². The molecule has 2 aromatic rings. The molecule has 0 spiro atoms. The van der Waals surface area contributed by atoms with Crippen LogP contribution < -0.4 is 10.2 Å². The van der Waals surface area contributed by atoms with Crippen molar-refractivity contribution in [3.63, 3.8) is 0 Å². The molecule has 0 saturated carbocycles. The Bertz CT molecular complexity index is 641. The van der Waals surface area contributed by atoms with E-state index in [4.69, 9.17) is 11.6 Å². The number of anilines is 2. The number of hydrogen-bond acceptors (Lipinski definition) is 3. The van der Waals surface area contributed by atoms with E-state index in [9.17, 15) is 4.79 Å². The second-order valence-electron chi connectivity index (χ2n) is 4.71. The maximum Gasteiger partial charge on any atom is 0.257 e. The van der Waals surface area contributed by atoms with Crippen LogP contribution in [-0.4, -0.2) is 25.0 Å². The maximum absolute atomic E-state index is 12.2. The van der Waals surface area contributed by atoms with Gasteiger partial charge in [0.1, 0.15) is 0 Å². The standard InChI is InChI=1S/C15H16ClN3O/c1-10-4-5-11(8-14(10)19(2)3)18-15(20)12-6-7-17-9-13(12)16/h4-9H,1-3H3,(H,18,20). The van der Waals surface area contributed by atoms with Crippen LogP contribution in [0.4, 0.5) is 11.4 Å². The van der Waals surface area contributed by atoms with Crippen LogP contribution in [0.2, 0.25) is 5.02 Å². The molecule has 0 aliphatic carbocycles. The largest absolute Gasteiger partial charge is 0.377 e. The monoisotopic (exact) mass is 289 g/mol. The third-order valence-electron chi connectivity index (χ3n) is 2.97. The number of aromatic nitrogens is 1. The van der Waals surface area contributed by atoms with Gasteiger partial charge < -0.3 is 10.2 Å². The van der Waals surface area contributed by atoms with Gasteiger partial charge in [-0.15, -0.1) is 0 Å². The molecular formula is C15H16ClN3O. The average Bonchev–Trinajstić information content (AvgIpc) is 2.41. The number of rotatable bonds is 3. The van der Waals surface area contributed by atoms with Crippen LogP contribution in [0.3, 0.4) is 0 Å². The van der Waals surface area contributed by atoms with Crippen molar-refractivity contribution in [2.75, 3.05) is 24.3 Å². The summed E-state index contributed by atoms with van der Waals surface area (Å²) >= 11 is 5.96. The van der Waals surface area contributed by atoms with E-state index in [1.165, 1.54) is 6.20 Å². The van der Waals surface area contributed by atoms with Gasteiger partial charge in [-0.2, -0.15) is 0 Å². The minimum absolute atomic E-state index is 0.244. The van der Waals surface area contributed by atoms with E-state index >= 15 is 0 Å². The predicted octanol–water partition coefficient (Wildman–Crippen LogP) is 3.36. The first-order valence-electron chi connectivity index (χ1n) is 6.18. The van der Waals surface area contributed by atoms with Gasteiger partial charge in [-0.1, -0.05) is 17.7 Å². The summed E-state index contributed by atoms with van der Waals surface area (Å²) in [6.07, 6.45) is 3.00. The molecule has 1 N–H and O–H groups in total. The molecule has 2 rings (SSSR count). The molecule has 0 saturated heterocycles. The Labute approximate surface area is 123 Å². The highest BCUT2D eigenvalue weighted by Crippen LogP contribution is 2.23. The minimum atomic E-state index is -0.244. The molecule has 4 nitrogen and oxygen atoms in total. The van der Waals surface area contributed by atoms with Gasteiger partial charge in [0.25, 0.3) is 5.91 Å². The van der Waals surface area contributed by atoms with Gasteiger partial charge in [0.2, 0.25) is 0 Å². The zero-order valence-corrected chi connectivity index (χ0v) is 12.4. The van der Waals surface area contributed by atoms with E-state index in [1.54, 1.807) is 12.3 Å². The van der Waals surface area contributed by atoms with Gasteiger partial charge in [0, 0.05) is 37.9 Å². The van der Waals surface area contributed by atoms with Gasteiger partial charge in [-0.25, -0.2) is 0 Å². The Morgan fingerprint density at radius 1 is 1.30 bits per heavy atom. The van der Waals surface area contributed by atoms with Gasteiger partial charge in [-0.3, -0.25) is 9.78 Å². The number of benzene rings is 1. The summed E-state index contributed by atoms with van der Waals surface area (Å²) in [6, 6.07) is 7.37. The van der Waals surface area contributed by atoms with Crippen LogP contribution in [-0.2, 0) is 0 Å². The number of carbonyl (C=O) groups is 1. The predicted molar refractivity (Wildman–Crippen MR) is 82.7 cm³/mol. The number of nitrogens with zero attached hydrogens (tertiary/aromatic N) is 2. The van der Waals surface area contributed by atoms with Crippen molar-refractivity contribution >= 4 is 28.9 Å². The number of halogens is 1. The fourth-order valence-electron chi connectivity index (χ4n) is 1.93. The number of pyridine rings is 1. The van der Waals surface area contributed by atoms with Crippen molar-refractivity contribution in [2.24, 2.45) is 0 Å². The highest BCUT2D eigenvalue weighted by atomic mass is 35.5. The topological polar surface area (TPSA) is 45.2 Å². The number of amides is 1. The second-order valence-corrected chi connectivity index (χ2v) is 5.11. The van der Waals surface area contributed by atoms with Crippen LogP contribution in [0, 0.1) is 6.92 Å². The summed E-state index contributed by atoms with van der Waals surface area (Å²) in [6.45, 7) is 2.03. The molecule has 1 aromatic heterocycles. The normalized spacial score (nSPS) is 10.2. The lowest BCUT2D eigenvalue weighted by atomic mass is 10.1. The first-order chi connectivity index (χ1) is 9.49. The third kappa shape index (κ3) is 3.08. The number of aryl methyl sites for hydroxylation is 1. The summed E-state index contributed by atoms with van der Waals surface area (Å²) in [5.41, 5.74) is 3.35. The molecule has 0 unspecified atom stereocenters. The van der Waals surface area contributed by atoms with Gasteiger partial charge in [-0.05, 0) is 30.7 Å². The summed E-state index contributed by atoms with van der Waals surface area (Å²) in [5, 5.41) is 3.18. The lowest BCUT2D eigenvalue weighted by Gasteiger charge is -2.17. The van der Waals surface area contributed by atoms with Crippen LogP contribution in [0.1, 0.15) is 15.9 Å². The van der Waals surface area contributed by atoms with Crippen molar-refractivity contribution in [1.29, 1.82) is 0 Å². The van der Waals surface area contributed by atoms with Crippen LogP contribution in [0.25, 0.3) is 0 Å². The van der Waals surface area contributed by atoms with Crippen molar-refractivity contribution in [2.45, 2.75) is 6.92 Å². The Balaban J connectivity index is 2.25. The molecular weight excluding hydrogens is 274 g/mol. The van der Waals surface area contributed by atoms with E-state index in [2.05, 4.69) is 10.3 Å². The lowest BCUT2D eigenvalue weighted by Crippen LogP contribution is -2.14. The Morgan fingerprint density at radius 3 is 2.70 bits per heavy atom. The average molecular weight is 290 g/mol. The zero-order chi connectivity index (χ0) is 14.7. The molecule has 5 heteroatoms. The summed E-state index contributed by atoms with van der Waals surface area (Å²) < 4.78 is 0. The maximum atomic E-state index is 12.2. The highest BCUT2D eigenvalue weighted by Gasteiger charge is 2.11. The van der Waals surface area contributed by atoms with Crippen molar-refractivity contribution in [1.82, 2.24) is 4.98 Å². The minimum Gasteiger partial charge on any atom is -0.377 e. The quantitative estimate of drug-likeness (QED) is 0.942. The molecule has 1 aromatic carbocycles. The van der Waals surface area contributed by atoms with E-state index in [-0.39, 0.29) is 5.91 Å². The fourth-order valence-corrected chi connectivity index (χ4v) is 2.13. The molecule has 1 amide bonds. The lowest BCUT2D eigenvalue weighted by molar-refractivity contribution is 0.102.